The predicted molar refractivity (Wildman–Crippen MR) is 84.7 cm³/mol. The molecule has 1 aliphatic carbocycles. The molecule has 1 aliphatic rings. The lowest BCUT2D eigenvalue weighted by molar-refractivity contribution is 0.501. The molecule has 1 aromatic heterocycles. The average Bonchev–Trinajstić information content (AvgIpc) is 2.81. The summed E-state index contributed by atoms with van der Waals surface area (Å²) in [6, 6.07) is 6.96. The van der Waals surface area contributed by atoms with Crippen molar-refractivity contribution in [3.05, 3.63) is 38.8 Å². The van der Waals surface area contributed by atoms with E-state index in [2.05, 4.69) is 46.4 Å². The van der Waals surface area contributed by atoms with Gasteiger partial charge in [-0.25, -0.2) is 4.98 Å². The van der Waals surface area contributed by atoms with Crippen molar-refractivity contribution in [3.63, 3.8) is 0 Å². The number of fused-ring (bicyclic) bond motifs is 1. The molecule has 1 unspecified atom stereocenters. The summed E-state index contributed by atoms with van der Waals surface area (Å²) in [7, 11) is 2.04. The van der Waals surface area contributed by atoms with Gasteiger partial charge in [-0.1, -0.05) is 28.1 Å². The van der Waals surface area contributed by atoms with Gasteiger partial charge in [0.05, 0.1) is 5.69 Å². The normalized spacial score (nSPS) is 18.4. The van der Waals surface area contributed by atoms with E-state index >= 15 is 0 Å². The lowest BCUT2D eigenvalue weighted by Crippen LogP contribution is -2.19. The van der Waals surface area contributed by atoms with Crippen molar-refractivity contribution in [1.82, 2.24) is 10.3 Å². The lowest BCUT2D eigenvalue weighted by Gasteiger charge is -2.19. The third-order valence-corrected chi connectivity index (χ3v) is 5.55. The maximum atomic E-state index is 4.86. The fourth-order valence-electron chi connectivity index (χ4n) is 2.60. The van der Waals surface area contributed by atoms with Crippen molar-refractivity contribution in [1.29, 1.82) is 0 Å². The van der Waals surface area contributed by atoms with Crippen LogP contribution in [0.4, 0.5) is 0 Å². The van der Waals surface area contributed by atoms with Crippen LogP contribution in [0.1, 0.15) is 35.0 Å². The molecule has 1 atom stereocenters. The van der Waals surface area contributed by atoms with Gasteiger partial charge in [-0.15, -0.1) is 11.3 Å². The minimum Gasteiger partial charge on any atom is -0.312 e. The lowest BCUT2D eigenvalue weighted by atomic mass is 9.98. The quantitative estimate of drug-likeness (QED) is 0.874. The fourth-order valence-corrected chi connectivity index (χ4v) is 4.71. The largest absolute Gasteiger partial charge is 0.312 e. The smallest absolute Gasteiger partial charge is 0.125 e. The molecule has 1 N–H and O–H groups in total. The van der Waals surface area contributed by atoms with Crippen molar-refractivity contribution in [2.24, 2.45) is 0 Å². The molecule has 0 aliphatic heterocycles. The maximum Gasteiger partial charge on any atom is 0.125 e. The van der Waals surface area contributed by atoms with Gasteiger partial charge >= 0.3 is 0 Å². The van der Waals surface area contributed by atoms with Crippen LogP contribution >= 0.6 is 27.3 Å². The summed E-state index contributed by atoms with van der Waals surface area (Å²) < 4.78 is 1.14. The Hall–Kier alpha value is -0.710. The van der Waals surface area contributed by atoms with Crippen LogP contribution < -0.4 is 5.32 Å². The highest BCUT2D eigenvalue weighted by molar-refractivity contribution is 9.10. The number of thiazole rings is 1. The molecule has 4 heteroatoms. The summed E-state index contributed by atoms with van der Waals surface area (Å²) in [4.78, 5) is 6.29. The molecule has 19 heavy (non-hydrogen) atoms. The summed E-state index contributed by atoms with van der Waals surface area (Å²) in [5.41, 5.74) is 3.77. The number of nitrogens with zero attached hydrogens (tertiary/aromatic N) is 1. The van der Waals surface area contributed by atoms with Gasteiger partial charge in [0.25, 0.3) is 0 Å². The molecule has 0 fully saturated rings. The molecular formula is C15H17BrN2S. The van der Waals surface area contributed by atoms with Crippen molar-refractivity contribution < 1.29 is 0 Å². The molecule has 0 amide bonds. The minimum atomic E-state index is 0.485. The zero-order valence-electron chi connectivity index (χ0n) is 11.2. The van der Waals surface area contributed by atoms with Gasteiger partial charge in [0.1, 0.15) is 5.01 Å². The van der Waals surface area contributed by atoms with E-state index < -0.39 is 0 Å². The van der Waals surface area contributed by atoms with Gasteiger partial charge in [0.15, 0.2) is 0 Å². The summed E-state index contributed by atoms with van der Waals surface area (Å²) in [6.07, 6.45) is 3.57. The number of aryl methyl sites for hydroxylation is 2. The molecule has 100 valence electrons. The van der Waals surface area contributed by atoms with Crippen molar-refractivity contribution >= 4 is 27.3 Å². The second kappa shape index (κ2) is 5.35. The summed E-state index contributed by atoms with van der Waals surface area (Å²) in [5, 5.41) is 4.55. The highest BCUT2D eigenvalue weighted by atomic mass is 79.9. The molecule has 0 saturated carbocycles. The Kier molecular flexibility index (Phi) is 3.74. The van der Waals surface area contributed by atoms with Gasteiger partial charge in [0, 0.05) is 21.0 Å². The van der Waals surface area contributed by atoms with Gasteiger partial charge < -0.3 is 5.32 Å². The predicted octanol–water partition coefficient (Wildman–Crippen LogP) is 4.48. The third kappa shape index (κ3) is 2.49. The number of rotatable bonds is 2. The van der Waals surface area contributed by atoms with Crippen LogP contribution in [0.3, 0.4) is 0 Å². The summed E-state index contributed by atoms with van der Waals surface area (Å²) >= 11 is 5.50. The highest BCUT2D eigenvalue weighted by Crippen LogP contribution is 2.39. The Bertz CT molecular complexity index is 606. The molecule has 0 spiro atoms. The molecule has 0 bridgehead atoms. The van der Waals surface area contributed by atoms with Gasteiger partial charge in [-0.05, 0) is 44.9 Å². The molecule has 1 heterocycles. The number of hydrogen-bond donors (Lipinski definition) is 1. The highest BCUT2D eigenvalue weighted by Gasteiger charge is 2.24. The van der Waals surface area contributed by atoms with E-state index in [4.69, 9.17) is 4.98 Å². The Balaban J connectivity index is 2.05. The Morgan fingerprint density at radius 2 is 2.26 bits per heavy atom. The first-order valence-corrected chi connectivity index (χ1v) is 8.23. The van der Waals surface area contributed by atoms with Gasteiger partial charge in [-0.3, -0.25) is 0 Å². The molecular weight excluding hydrogens is 320 g/mol. The number of nitrogens with one attached hydrogen (secondary N) is 1. The first-order valence-electron chi connectivity index (χ1n) is 6.62. The minimum absolute atomic E-state index is 0.485. The number of aromatic nitrogens is 1. The average molecular weight is 337 g/mol. The van der Waals surface area contributed by atoms with E-state index in [1.54, 1.807) is 0 Å². The number of hydrogen-bond acceptors (Lipinski definition) is 3. The van der Waals surface area contributed by atoms with E-state index in [-0.39, 0.29) is 0 Å². The van der Waals surface area contributed by atoms with Crippen molar-refractivity contribution in [2.75, 3.05) is 7.05 Å². The standard InChI is InChI=1S/C15H17BrN2S/c1-9-6-7-10(11(16)8-9)15-18-13-5-3-4-12(17-2)14(13)19-15/h6-8,12,17H,3-5H2,1-2H3. The first kappa shape index (κ1) is 13.3. The van der Waals surface area contributed by atoms with Crippen LogP contribution in [0.5, 0.6) is 0 Å². The fraction of sp³-hybridized carbons (Fsp3) is 0.400. The van der Waals surface area contributed by atoms with Crippen molar-refractivity contribution in [3.8, 4) is 10.6 Å². The molecule has 3 rings (SSSR count). The van der Waals surface area contributed by atoms with Crippen LogP contribution in [0.15, 0.2) is 22.7 Å². The van der Waals surface area contributed by atoms with E-state index in [0.29, 0.717) is 6.04 Å². The van der Waals surface area contributed by atoms with E-state index in [1.807, 2.05) is 18.4 Å². The van der Waals surface area contributed by atoms with Crippen LogP contribution in [0, 0.1) is 6.92 Å². The van der Waals surface area contributed by atoms with Crippen LogP contribution in [0.25, 0.3) is 10.6 Å². The van der Waals surface area contributed by atoms with Gasteiger partial charge in [-0.2, -0.15) is 0 Å². The maximum absolute atomic E-state index is 4.86. The van der Waals surface area contributed by atoms with E-state index in [0.717, 1.165) is 15.9 Å². The molecule has 2 aromatic rings. The summed E-state index contributed by atoms with van der Waals surface area (Å²) in [6.45, 7) is 2.11. The number of benzene rings is 1. The topological polar surface area (TPSA) is 24.9 Å². The van der Waals surface area contributed by atoms with E-state index in [9.17, 15) is 0 Å². The van der Waals surface area contributed by atoms with Crippen LogP contribution in [-0.4, -0.2) is 12.0 Å². The van der Waals surface area contributed by atoms with Crippen molar-refractivity contribution in [2.45, 2.75) is 32.2 Å². The van der Waals surface area contributed by atoms with Crippen LogP contribution in [-0.2, 0) is 6.42 Å². The first-order chi connectivity index (χ1) is 9.19. The Morgan fingerprint density at radius 1 is 1.42 bits per heavy atom. The zero-order valence-corrected chi connectivity index (χ0v) is 13.6. The molecule has 0 radical (unpaired) electrons. The molecule has 2 nitrogen and oxygen atoms in total. The summed E-state index contributed by atoms with van der Waals surface area (Å²) in [5.74, 6) is 0. The third-order valence-electron chi connectivity index (χ3n) is 3.65. The zero-order chi connectivity index (χ0) is 13.4. The molecule has 1 aromatic carbocycles. The Labute approximate surface area is 126 Å². The number of halogens is 1. The Morgan fingerprint density at radius 3 is 3.00 bits per heavy atom. The monoisotopic (exact) mass is 336 g/mol. The van der Waals surface area contributed by atoms with Gasteiger partial charge in [0.2, 0.25) is 0 Å². The molecule has 0 saturated heterocycles. The van der Waals surface area contributed by atoms with Crippen LogP contribution in [0.2, 0.25) is 0 Å². The second-order valence-corrected chi connectivity index (χ2v) is 6.93. The second-order valence-electron chi connectivity index (χ2n) is 5.05. The van der Waals surface area contributed by atoms with E-state index in [1.165, 1.54) is 34.5 Å². The SMILES string of the molecule is CNC1CCCc2nc(-c3ccc(C)cc3Br)sc21.